The van der Waals surface area contributed by atoms with Crippen molar-refractivity contribution >= 4 is 30.6 Å². The Morgan fingerprint density at radius 3 is 1.08 bits per heavy atom. The number of halogens is 1. The van der Waals surface area contributed by atoms with Crippen LogP contribution in [0.15, 0.2) is 60.7 Å². The molecule has 2 aromatic carbocycles. The summed E-state index contributed by atoms with van der Waals surface area (Å²) in [5.74, 6) is 0. The fourth-order valence-corrected chi connectivity index (χ4v) is 10.5. The molecule has 206 valence electrons. The van der Waals surface area contributed by atoms with Crippen LogP contribution in [0.1, 0.15) is 121 Å². The average molecular weight is 625 g/mol. The van der Waals surface area contributed by atoms with Crippen molar-refractivity contribution in [1.82, 2.24) is 0 Å². The molecule has 0 radical (unpaired) electrons. The first-order valence-electron chi connectivity index (χ1n) is 15.1. The molecule has 2 heteroatoms. The van der Waals surface area contributed by atoms with Crippen molar-refractivity contribution in [1.29, 1.82) is 0 Å². The molecule has 0 saturated heterocycles. The SMILES string of the molecule is CCCCCCCCCCCCCCCCCCP(C)(C)(Cc1ccccc1)Cc1ccccc1.I. The minimum atomic E-state index is -1.83. The van der Waals surface area contributed by atoms with Gasteiger partial charge in [0.1, 0.15) is 0 Å². The van der Waals surface area contributed by atoms with Gasteiger partial charge in [-0.3, -0.25) is 0 Å². The van der Waals surface area contributed by atoms with E-state index in [1.807, 2.05) is 0 Å². The summed E-state index contributed by atoms with van der Waals surface area (Å²) in [5, 5.41) is 0. The van der Waals surface area contributed by atoms with Crippen LogP contribution in [0.4, 0.5) is 0 Å². The van der Waals surface area contributed by atoms with E-state index in [4.69, 9.17) is 0 Å². The zero-order valence-electron chi connectivity index (χ0n) is 24.1. The van der Waals surface area contributed by atoms with Gasteiger partial charge in [-0.1, -0.05) is 39.0 Å². The maximum atomic E-state index is 2.66. The van der Waals surface area contributed by atoms with Crippen LogP contribution in [0.2, 0.25) is 0 Å². The van der Waals surface area contributed by atoms with Crippen LogP contribution in [0, 0.1) is 0 Å². The zero-order valence-corrected chi connectivity index (χ0v) is 27.3. The maximum absolute atomic E-state index is 2.66. The monoisotopic (exact) mass is 624 g/mol. The molecule has 0 unspecified atom stereocenters. The van der Waals surface area contributed by atoms with Gasteiger partial charge < -0.3 is 0 Å². The number of hydrogen-bond acceptors (Lipinski definition) is 0. The molecule has 0 N–H and O–H groups in total. The molecule has 2 aromatic rings. The zero-order chi connectivity index (χ0) is 25.1. The van der Waals surface area contributed by atoms with Gasteiger partial charge in [0, 0.05) is 0 Å². The fraction of sp³-hybridized carbons (Fsp3) is 0.647. The molecule has 36 heavy (non-hydrogen) atoms. The Balaban J connectivity index is 0.00000648. The van der Waals surface area contributed by atoms with Crippen LogP contribution in [-0.2, 0) is 12.3 Å². The van der Waals surface area contributed by atoms with E-state index in [0.29, 0.717) is 0 Å². The van der Waals surface area contributed by atoms with Gasteiger partial charge in [0.05, 0.1) is 0 Å². The van der Waals surface area contributed by atoms with Crippen molar-refractivity contribution < 1.29 is 0 Å². The molecule has 0 nitrogen and oxygen atoms in total. The van der Waals surface area contributed by atoms with Gasteiger partial charge in [0.2, 0.25) is 0 Å². The number of rotatable bonds is 21. The summed E-state index contributed by atoms with van der Waals surface area (Å²) in [7, 11) is 0. The van der Waals surface area contributed by atoms with Crippen molar-refractivity contribution in [2.24, 2.45) is 0 Å². The molecule has 0 aliphatic carbocycles. The molecule has 0 saturated carbocycles. The summed E-state index contributed by atoms with van der Waals surface area (Å²) in [6.07, 6.45) is 27.1. The van der Waals surface area contributed by atoms with Gasteiger partial charge in [-0.25, -0.2) is 0 Å². The van der Waals surface area contributed by atoms with Gasteiger partial charge in [-0.15, -0.1) is 24.0 Å². The van der Waals surface area contributed by atoms with Gasteiger partial charge in [0.15, 0.2) is 0 Å². The molecule has 0 heterocycles. The van der Waals surface area contributed by atoms with Gasteiger partial charge >= 0.3 is 181 Å². The van der Waals surface area contributed by atoms with Gasteiger partial charge in [-0.2, -0.15) is 0 Å². The van der Waals surface area contributed by atoms with E-state index in [-0.39, 0.29) is 24.0 Å². The molecule has 0 aromatic heterocycles. The summed E-state index contributed by atoms with van der Waals surface area (Å²) in [6, 6.07) is 22.5. The van der Waals surface area contributed by atoms with Crippen LogP contribution in [0.3, 0.4) is 0 Å². The number of unbranched alkanes of at least 4 members (excludes halogenated alkanes) is 15. The van der Waals surface area contributed by atoms with Crippen LogP contribution in [-0.4, -0.2) is 19.5 Å². The molecule has 0 amide bonds. The van der Waals surface area contributed by atoms with E-state index < -0.39 is 6.60 Å². The quantitative estimate of drug-likeness (QED) is 0.0736. The van der Waals surface area contributed by atoms with Crippen LogP contribution in [0.5, 0.6) is 0 Å². The van der Waals surface area contributed by atoms with Crippen LogP contribution < -0.4 is 0 Å². The van der Waals surface area contributed by atoms with Crippen molar-refractivity contribution in [3.8, 4) is 0 Å². The van der Waals surface area contributed by atoms with Crippen molar-refractivity contribution in [3.63, 3.8) is 0 Å². The Hall–Kier alpha value is -0.400. The van der Waals surface area contributed by atoms with Crippen molar-refractivity contribution in [2.75, 3.05) is 19.5 Å². The summed E-state index contributed by atoms with van der Waals surface area (Å²) in [6.45, 7) is 5.80. The first-order valence-corrected chi connectivity index (χ1v) is 18.8. The maximum Gasteiger partial charge on any atom is -0.107 e. The fourth-order valence-electron chi connectivity index (χ4n) is 5.83. The van der Waals surface area contributed by atoms with Crippen molar-refractivity contribution in [3.05, 3.63) is 71.8 Å². The molecule has 0 aliphatic heterocycles. The summed E-state index contributed by atoms with van der Waals surface area (Å²) in [4.78, 5) is 0. The first kappa shape index (κ1) is 33.6. The van der Waals surface area contributed by atoms with Crippen molar-refractivity contribution in [2.45, 2.75) is 122 Å². The van der Waals surface area contributed by atoms with E-state index >= 15 is 0 Å². The van der Waals surface area contributed by atoms with Crippen LogP contribution in [0.25, 0.3) is 0 Å². The van der Waals surface area contributed by atoms with E-state index in [2.05, 4.69) is 80.9 Å². The molecule has 2 rings (SSSR count). The molecule has 0 spiro atoms. The Morgan fingerprint density at radius 2 is 0.750 bits per heavy atom. The molecule has 0 bridgehead atoms. The third-order valence-corrected chi connectivity index (χ3v) is 12.6. The Morgan fingerprint density at radius 1 is 0.444 bits per heavy atom. The summed E-state index contributed by atoms with van der Waals surface area (Å²) < 4.78 is 0. The van der Waals surface area contributed by atoms with Gasteiger partial charge in [0.25, 0.3) is 0 Å². The molecular formula is C34H58IP. The predicted molar refractivity (Wildman–Crippen MR) is 179 cm³/mol. The second-order valence-electron chi connectivity index (χ2n) is 12.3. The minimum absolute atomic E-state index is 0. The topological polar surface area (TPSA) is 0 Å². The first-order chi connectivity index (χ1) is 17.0. The second-order valence-corrected chi connectivity index (χ2v) is 19.4. The van der Waals surface area contributed by atoms with E-state index in [0.717, 1.165) is 0 Å². The normalized spacial score (nSPS) is 12.6. The second kappa shape index (κ2) is 19.6. The molecule has 0 atom stereocenters. The van der Waals surface area contributed by atoms with Gasteiger partial charge in [-0.05, 0) is 0 Å². The van der Waals surface area contributed by atoms with Crippen LogP contribution >= 0.6 is 30.6 Å². The third kappa shape index (κ3) is 15.8. The molecule has 0 aliphatic rings. The molecule has 0 fully saturated rings. The molecular weight excluding hydrogens is 566 g/mol. The summed E-state index contributed by atoms with van der Waals surface area (Å²) in [5.41, 5.74) is 3.06. The largest absolute Gasteiger partial charge is 0.107 e. The standard InChI is InChI=1S/C34H57P.HI/c1-4-5-6-7-8-9-10-11-12-13-14-15-16-17-18-25-30-35(2,3,31-33-26-21-19-22-27-33)32-34-28-23-20-24-29-34;/h19-24,26-29H,4-18,25,30-32H2,1-3H3;1H. The summed E-state index contributed by atoms with van der Waals surface area (Å²) >= 11 is 0. The number of hydrogen-bond donors (Lipinski definition) is 0. The average Bonchev–Trinajstić information content (AvgIpc) is 2.84. The Labute approximate surface area is 242 Å². The Bertz CT molecular complexity index is 710. The minimum Gasteiger partial charge on any atom is -0.107 e. The van der Waals surface area contributed by atoms with E-state index in [9.17, 15) is 0 Å². The predicted octanol–water partition coefficient (Wildman–Crippen LogP) is 12.1. The third-order valence-electron chi connectivity index (χ3n) is 7.91. The number of benzene rings is 2. The Kier molecular flexibility index (Phi) is 18.3. The van der Waals surface area contributed by atoms with E-state index in [1.165, 1.54) is 132 Å². The smallest absolute Gasteiger partial charge is 0.107 e. The van der Waals surface area contributed by atoms with E-state index in [1.54, 1.807) is 0 Å².